The van der Waals surface area contributed by atoms with Gasteiger partial charge in [0.2, 0.25) is 5.91 Å². The van der Waals surface area contributed by atoms with E-state index in [1.165, 1.54) is 16.4 Å². The molecule has 4 rings (SSSR count). The predicted octanol–water partition coefficient (Wildman–Crippen LogP) is 1.89. The van der Waals surface area contributed by atoms with Crippen molar-refractivity contribution >= 4 is 17.4 Å². The summed E-state index contributed by atoms with van der Waals surface area (Å²) < 4.78 is 6.36. The van der Waals surface area contributed by atoms with Crippen LogP contribution in [0.4, 0.5) is 11.5 Å². The van der Waals surface area contributed by atoms with Crippen LogP contribution in [-0.4, -0.2) is 49.0 Å². The highest BCUT2D eigenvalue weighted by molar-refractivity contribution is 5.75. The molecular weight excluding hydrogens is 406 g/mol. The van der Waals surface area contributed by atoms with Crippen LogP contribution in [0.25, 0.3) is 0 Å². The SMILES string of the molecule is COc1ccc(CNC(=O)Cn2nc(N3CCN(c4ccccc4)CC3)ccc2=O)cc1. The first-order chi connectivity index (χ1) is 15.6. The maximum Gasteiger partial charge on any atom is 0.267 e. The number of benzene rings is 2. The van der Waals surface area contributed by atoms with Crippen molar-refractivity contribution in [3.05, 3.63) is 82.6 Å². The molecule has 166 valence electrons. The lowest BCUT2D eigenvalue weighted by Crippen LogP contribution is -2.47. The van der Waals surface area contributed by atoms with Crippen LogP contribution in [0, 0.1) is 0 Å². The summed E-state index contributed by atoms with van der Waals surface area (Å²) in [6.45, 7) is 3.58. The summed E-state index contributed by atoms with van der Waals surface area (Å²) in [5.74, 6) is 1.21. The quantitative estimate of drug-likeness (QED) is 0.613. The molecule has 0 unspecified atom stereocenters. The monoisotopic (exact) mass is 433 g/mol. The second-order valence-electron chi connectivity index (χ2n) is 7.62. The van der Waals surface area contributed by atoms with Gasteiger partial charge >= 0.3 is 0 Å². The van der Waals surface area contributed by atoms with E-state index in [4.69, 9.17) is 4.74 Å². The molecule has 8 nitrogen and oxygen atoms in total. The van der Waals surface area contributed by atoms with E-state index >= 15 is 0 Å². The van der Waals surface area contributed by atoms with E-state index in [1.807, 2.05) is 42.5 Å². The number of methoxy groups -OCH3 is 1. The number of aromatic nitrogens is 2. The molecule has 1 N–H and O–H groups in total. The average molecular weight is 434 g/mol. The molecule has 0 aliphatic carbocycles. The fourth-order valence-electron chi connectivity index (χ4n) is 3.69. The van der Waals surface area contributed by atoms with Gasteiger partial charge in [-0.05, 0) is 35.9 Å². The molecule has 2 heterocycles. The third-order valence-corrected chi connectivity index (χ3v) is 5.52. The second kappa shape index (κ2) is 10.00. The molecule has 1 aromatic heterocycles. The summed E-state index contributed by atoms with van der Waals surface area (Å²) in [5, 5.41) is 7.28. The molecule has 0 saturated carbocycles. The maximum absolute atomic E-state index is 12.4. The number of amides is 1. The van der Waals surface area contributed by atoms with E-state index in [-0.39, 0.29) is 18.0 Å². The van der Waals surface area contributed by atoms with Gasteiger partial charge in [0.15, 0.2) is 0 Å². The van der Waals surface area contributed by atoms with Crippen LogP contribution in [-0.2, 0) is 17.9 Å². The molecule has 3 aromatic rings. The molecule has 0 radical (unpaired) electrons. The molecule has 0 atom stereocenters. The van der Waals surface area contributed by atoms with Gasteiger partial charge in [0.1, 0.15) is 18.1 Å². The van der Waals surface area contributed by atoms with Crippen molar-refractivity contribution in [3.8, 4) is 5.75 Å². The van der Waals surface area contributed by atoms with Gasteiger partial charge in [0.25, 0.3) is 5.56 Å². The summed E-state index contributed by atoms with van der Waals surface area (Å²) in [7, 11) is 1.61. The topological polar surface area (TPSA) is 79.7 Å². The number of carbonyl (C=O) groups is 1. The van der Waals surface area contributed by atoms with E-state index < -0.39 is 0 Å². The number of anilines is 2. The highest BCUT2D eigenvalue weighted by Crippen LogP contribution is 2.18. The van der Waals surface area contributed by atoms with Gasteiger partial charge in [-0.2, -0.15) is 5.10 Å². The van der Waals surface area contributed by atoms with Crippen LogP contribution in [0.3, 0.4) is 0 Å². The smallest absolute Gasteiger partial charge is 0.267 e. The van der Waals surface area contributed by atoms with E-state index in [2.05, 4.69) is 32.3 Å². The minimum absolute atomic E-state index is 0.118. The molecule has 2 aromatic carbocycles. The zero-order chi connectivity index (χ0) is 22.3. The average Bonchev–Trinajstić information content (AvgIpc) is 2.85. The van der Waals surface area contributed by atoms with Crippen molar-refractivity contribution in [1.82, 2.24) is 15.1 Å². The van der Waals surface area contributed by atoms with Crippen molar-refractivity contribution in [1.29, 1.82) is 0 Å². The molecule has 32 heavy (non-hydrogen) atoms. The Bertz CT molecular complexity index is 1090. The number of nitrogens with one attached hydrogen (secondary N) is 1. The fourth-order valence-corrected chi connectivity index (χ4v) is 3.69. The highest BCUT2D eigenvalue weighted by atomic mass is 16.5. The standard InChI is InChI=1S/C24H27N5O3/c1-32-21-9-7-19(8-10-21)17-25-23(30)18-29-24(31)12-11-22(26-29)28-15-13-27(14-16-28)20-5-3-2-4-6-20/h2-12H,13-18H2,1H3,(H,25,30). The van der Waals surface area contributed by atoms with Crippen molar-refractivity contribution in [2.45, 2.75) is 13.1 Å². The number of rotatable bonds is 7. The molecule has 0 spiro atoms. The summed E-state index contributed by atoms with van der Waals surface area (Å²) in [4.78, 5) is 29.1. The molecule has 0 bridgehead atoms. The summed E-state index contributed by atoms with van der Waals surface area (Å²) >= 11 is 0. The van der Waals surface area contributed by atoms with Gasteiger partial charge in [-0.25, -0.2) is 4.68 Å². The van der Waals surface area contributed by atoms with Gasteiger partial charge < -0.3 is 19.9 Å². The number of para-hydroxylation sites is 1. The number of hydrogen-bond donors (Lipinski definition) is 1. The lowest BCUT2D eigenvalue weighted by atomic mass is 10.2. The first kappa shape index (κ1) is 21.4. The van der Waals surface area contributed by atoms with E-state index in [1.54, 1.807) is 13.2 Å². The van der Waals surface area contributed by atoms with Crippen LogP contribution in [0.5, 0.6) is 5.75 Å². The minimum atomic E-state index is -0.295. The normalized spacial score (nSPS) is 13.7. The van der Waals surface area contributed by atoms with Gasteiger partial charge in [0.05, 0.1) is 7.11 Å². The Labute approximate surface area is 187 Å². The first-order valence-electron chi connectivity index (χ1n) is 10.6. The molecule has 1 amide bonds. The molecule has 1 aliphatic rings. The van der Waals surface area contributed by atoms with Crippen LogP contribution < -0.4 is 25.4 Å². The van der Waals surface area contributed by atoms with Crippen molar-refractivity contribution in [2.24, 2.45) is 0 Å². The van der Waals surface area contributed by atoms with Crippen molar-refractivity contribution in [3.63, 3.8) is 0 Å². The van der Waals surface area contributed by atoms with Gasteiger partial charge in [0, 0.05) is 44.5 Å². The van der Waals surface area contributed by atoms with Crippen molar-refractivity contribution < 1.29 is 9.53 Å². The highest BCUT2D eigenvalue weighted by Gasteiger charge is 2.19. The lowest BCUT2D eigenvalue weighted by Gasteiger charge is -2.36. The Hall–Kier alpha value is -3.81. The number of nitrogens with zero attached hydrogens (tertiary/aromatic N) is 4. The maximum atomic E-state index is 12.4. The molecule has 1 saturated heterocycles. The van der Waals surface area contributed by atoms with E-state index in [0.717, 1.165) is 37.5 Å². The Kier molecular flexibility index (Phi) is 6.69. The zero-order valence-corrected chi connectivity index (χ0v) is 18.1. The predicted molar refractivity (Wildman–Crippen MR) is 124 cm³/mol. The third-order valence-electron chi connectivity index (χ3n) is 5.52. The Balaban J connectivity index is 1.34. The van der Waals surface area contributed by atoms with Gasteiger partial charge in [-0.15, -0.1) is 0 Å². The molecular formula is C24H27N5O3. The van der Waals surface area contributed by atoms with Gasteiger partial charge in [-0.1, -0.05) is 30.3 Å². The van der Waals surface area contributed by atoms with Crippen LogP contribution in [0.15, 0.2) is 71.5 Å². The first-order valence-corrected chi connectivity index (χ1v) is 10.6. The van der Waals surface area contributed by atoms with E-state index in [9.17, 15) is 9.59 Å². The summed E-state index contributed by atoms with van der Waals surface area (Å²) in [6.07, 6.45) is 0. The molecule has 1 aliphatic heterocycles. The number of hydrogen-bond acceptors (Lipinski definition) is 6. The number of ether oxygens (including phenoxy) is 1. The minimum Gasteiger partial charge on any atom is -0.497 e. The molecule has 8 heteroatoms. The largest absolute Gasteiger partial charge is 0.497 e. The number of carbonyl (C=O) groups excluding carboxylic acids is 1. The van der Waals surface area contributed by atoms with E-state index in [0.29, 0.717) is 12.4 Å². The zero-order valence-electron chi connectivity index (χ0n) is 18.1. The van der Waals surface area contributed by atoms with Crippen LogP contribution in [0.2, 0.25) is 0 Å². The van der Waals surface area contributed by atoms with Gasteiger partial charge in [-0.3, -0.25) is 9.59 Å². The summed E-state index contributed by atoms with van der Waals surface area (Å²) in [5.41, 5.74) is 1.86. The Morgan fingerprint density at radius 2 is 1.62 bits per heavy atom. The third kappa shape index (κ3) is 5.26. The van der Waals surface area contributed by atoms with Crippen molar-refractivity contribution in [2.75, 3.05) is 43.1 Å². The summed E-state index contributed by atoms with van der Waals surface area (Å²) in [6, 6.07) is 21.0. The Morgan fingerprint density at radius 1 is 0.938 bits per heavy atom. The lowest BCUT2D eigenvalue weighted by molar-refractivity contribution is -0.122. The van der Waals surface area contributed by atoms with Crippen LogP contribution in [0.1, 0.15) is 5.56 Å². The Morgan fingerprint density at radius 3 is 2.31 bits per heavy atom. The second-order valence-corrected chi connectivity index (χ2v) is 7.62. The fraction of sp³-hybridized carbons (Fsp3) is 0.292. The molecule has 1 fully saturated rings. The number of piperazine rings is 1. The van der Waals surface area contributed by atoms with Crippen LogP contribution >= 0.6 is 0 Å².